The maximum Gasteiger partial charge on any atom is 0.111 e. The number of nitrogens with zero attached hydrogens (tertiary/aromatic N) is 4. The van der Waals surface area contributed by atoms with Gasteiger partial charge in [0.1, 0.15) is 16.1 Å². The number of benzene rings is 4. The topological polar surface area (TPSA) is 35.6 Å². The number of aromatic nitrogens is 4. The Hall–Kier alpha value is -3.67. The third-order valence-corrected chi connectivity index (χ3v) is 17.4. The number of hydrogen-bond donors (Lipinski definition) is 0. The number of hydrogen-bond acceptors (Lipinski definition) is 2. The average molecular weight is 1060 g/mol. The molecule has 6 aromatic rings. The molecule has 51 heavy (non-hydrogen) atoms. The Morgan fingerprint density at radius 1 is 0.549 bits per heavy atom. The van der Waals surface area contributed by atoms with E-state index in [4.69, 9.17) is 12.8 Å². The van der Waals surface area contributed by atoms with Gasteiger partial charge in [0, 0.05) is 57.4 Å². The first-order valence-electron chi connectivity index (χ1n) is 16.6. The monoisotopic (exact) mass is 1060 g/mol. The molecule has 8 rings (SSSR count). The van der Waals surface area contributed by atoms with Crippen molar-refractivity contribution in [1.82, 2.24) is 19.1 Å². The molecule has 0 atom stereocenters. The maximum atomic E-state index is 7.26. The van der Waals surface area contributed by atoms with E-state index in [0.717, 1.165) is 33.9 Å². The summed E-state index contributed by atoms with van der Waals surface area (Å²) in [4.78, 5) is 8.28. The molecule has 0 unspecified atom stereocenters. The first kappa shape index (κ1) is 40.1. The molecule has 0 bridgehead atoms. The smallest absolute Gasteiger partial charge is 0.111 e. The summed E-state index contributed by atoms with van der Waals surface area (Å²) < 4.78 is 3.94. The summed E-state index contributed by atoms with van der Waals surface area (Å²) >= 11 is 0. The van der Waals surface area contributed by atoms with Gasteiger partial charge in [-0.25, -0.2) is 0 Å². The molecular formula is C43H40Au2N4Si2-4. The molecule has 4 nitrogen and oxygen atoms in total. The minimum atomic E-state index is -1.55. The molecule has 0 N–H and O–H groups in total. The molecule has 4 aromatic carbocycles. The fourth-order valence-electron chi connectivity index (χ4n) is 6.95. The Morgan fingerprint density at radius 3 is 1.24 bits per heavy atom. The van der Waals surface area contributed by atoms with Crippen LogP contribution in [0.25, 0.3) is 22.3 Å². The van der Waals surface area contributed by atoms with Gasteiger partial charge in [0.25, 0.3) is 0 Å². The van der Waals surface area contributed by atoms with E-state index >= 15 is 0 Å². The third-order valence-electron chi connectivity index (χ3n) is 10.3. The number of rotatable bonds is 2. The van der Waals surface area contributed by atoms with Gasteiger partial charge in [0.05, 0.1) is 6.67 Å². The second-order valence-electron chi connectivity index (χ2n) is 13.9. The van der Waals surface area contributed by atoms with Gasteiger partial charge in [0.15, 0.2) is 0 Å². The van der Waals surface area contributed by atoms with E-state index < -0.39 is 16.1 Å². The molecular weight excluding hydrogens is 1020 g/mol. The van der Waals surface area contributed by atoms with Crippen LogP contribution in [0.1, 0.15) is 33.9 Å². The molecule has 2 aromatic heterocycles. The van der Waals surface area contributed by atoms with Gasteiger partial charge in [-0.1, -0.05) is 136 Å². The Labute approximate surface area is 337 Å². The van der Waals surface area contributed by atoms with Crippen molar-refractivity contribution in [2.45, 2.75) is 60.6 Å². The number of fused-ring (bicyclic) bond motifs is 6. The normalized spacial score (nSPS) is 13.1. The summed E-state index contributed by atoms with van der Waals surface area (Å²) in [6.45, 7) is 18.2. The van der Waals surface area contributed by atoms with Crippen LogP contribution in [0.3, 0.4) is 0 Å². The van der Waals surface area contributed by atoms with Crippen molar-refractivity contribution in [3.63, 3.8) is 0 Å². The second-order valence-corrected chi connectivity index (χ2v) is 22.5. The summed E-state index contributed by atoms with van der Waals surface area (Å²) in [6, 6.07) is 30.0. The maximum absolute atomic E-state index is 7.26. The van der Waals surface area contributed by atoms with Crippen LogP contribution >= 0.6 is 0 Å². The minimum Gasteiger partial charge on any atom is -0.437 e. The summed E-state index contributed by atoms with van der Waals surface area (Å²) in [5.41, 5.74) is 11.6. The molecule has 0 amide bonds. The molecule has 2 aliphatic heterocycles. The van der Waals surface area contributed by atoms with E-state index in [-0.39, 0.29) is 44.8 Å². The molecule has 266 valence electrons. The Bertz CT molecular complexity index is 2140. The first-order valence-corrected chi connectivity index (χ1v) is 22.6. The average Bonchev–Trinajstić information content (AvgIpc) is 3.76. The van der Waals surface area contributed by atoms with E-state index in [1.165, 1.54) is 43.0 Å². The Morgan fingerprint density at radius 2 is 0.902 bits per heavy atom. The minimum absolute atomic E-state index is 0. The summed E-state index contributed by atoms with van der Waals surface area (Å²) in [5.74, 6) is 4.99. The van der Waals surface area contributed by atoms with Crippen LogP contribution in [-0.4, -0.2) is 35.2 Å². The van der Waals surface area contributed by atoms with Gasteiger partial charge in [-0.15, -0.1) is 46.8 Å². The van der Waals surface area contributed by atoms with Crippen molar-refractivity contribution in [2.24, 2.45) is 0 Å². The van der Waals surface area contributed by atoms with Gasteiger partial charge in [0.2, 0.25) is 0 Å². The molecule has 0 fully saturated rings. The molecule has 0 saturated carbocycles. The molecule has 0 spiro atoms. The van der Waals surface area contributed by atoms with Crippen molar-refractivity contribution in [2.75, 3.05) is 0 Å². The Kier molecular flexibility index (Phi) is 12.5. The molecule has 8 heteroatoms. The van der Waals surface area contributed by atoms with Crippen molar-refractivity contribution in [3.05, 3.63) is 144 Å². The van der Waals surface area contributed by atoms with Gasteiger partial charge < -0.3 is 31.9 Å². The third kappa shape index (κ3) is 7.48. The van der Waals surface area contributed by atoms with Crippen molar-refractivity contribution < 1.29 is 44.8 Å². The predicted octanol–water partition coefficient (Wildman–Crippen LogP) is 6.27. The van der Waals surface area contributed by atoms with Crippen LogP contribution in [0.2, 0.25) is 26.2 Å². The molecule has 0 saturated heterocycles. The number of aryl methyl sites for hydroxylation is 2. The van der Waals surface area contributed by atoms with Crippen LogP contribution in [0, 0.1) is 65.0 Å². The SMILES string of the molecule is Cc1n[c-]n(Cn2[c-]nc(C)c2C)c1C.[Au].[Au].[C-]#Cc1ccc2c(c1)[Si](C)(C)c1ccccc1-2.[C-]#Cc1ccc2c(c1)[Si](C)(C)c1ccccc1-2. The molecule has 4 heterocycles. The fourth-order valence-corrected chi connectivity index (χ4v) is 13.2. The van der Waals surface area contributed by atoms with E-state index in [1.54, 1.807) is 0 Å². The summed E-state index contributed by atoms with van der Waals surface area (Å²) in [7, 11) is -3.10. The quantitative estimate of drug-likeness (QED) is 0.117. The van der Waals surface area contributed by atoms with E-state index in [9.17, 15) is 0 Å². The van der Waals surface area contributed by atoms with E-state index in [1.807, 2.05) is 49.0 Å². The van der Waals surface area contributed by atoms with E-state index in [2.05, 4.69) is 133 Å². The zero-order valence-corrected chi connectivity index (χ0v) is 36.5. The summed E-state index contributed by atoms with van der Waals surface area (Å²) in [6.07, 6.45) is 20.4. The van der Waals surface area contributed by atoms with Crippen LogP contribution in [-0.2, 0) is 51.4 Å². The molecule has 2 aliphatic rings. The summed E-state index contributed by atoms with van der Waals surface area (Å²) in [5, 5.41) is 5.90. The fraction of sp³-hybridized carbons (Fsp3) is 0.209. The van der Waals surface area contributed by atoms with Crippen molar-refractivity contribution in [1.29, 1.82) is 0 Å². The van der Waals surface area contributed by atoms with Crippen LogP contribution in [0.4, 0.5) is 0 Å². The van der Waals surface area contributed by atoms with Gasteiger partial charge in [-0.3, -0.25) is 11.8 Å². The van der Waals surface area contributed by atoms with Gasteiger partial charge in [-0.2, -0.15) is 0 Å². The molecule has 2 radical (unpaired) electrons. The van der Waals surface area contributed by atoms with Crippen LogP contribution in [0.5, 0.6) is 0 Å². The van der Waals surface area contributed by atoms with Gasteiger partial charge in [-0.05, 0) is 32.6 Å². The number of imidazole rings is 2. The Balaban J connectivity index is 0.000000169. The van der Waals surface area contributed by atoms with E-state index in [0.29, 0.717) is 6.67 Å². The first-order chi connectivity index (χ1) is 23.4. The molecule has 0 aliphatic carbocycles. The largest absolute Gasteiger partial charge is 0.437 e. The zero-order valence-electron chi connectivity index (χ0n) is 30.2. The predicted molar refractivity (Wildman–Crippen MR) is 206 cm³/mol. The standard InChI is InChI=1S/2C16H13Si.C11H14N4.2Au/c2*1-4-12-9-10-14-13-7-5-6-8-15(13)17(2,3)16(14)11-12;1-8-10(3)14(5-12-8)7-15-6-13-9(2)11(15)4;;/h2*5-11H,2-3H3;7H2,1-4H3;;/q2*-1;-2;;. The van der Waals surface area contributed by atoms with Crippen LogP contribution < -0.4 is 20.7 Å². The second kappa shape index (κ2) is 15.9. The zero-order chi connectivity index (χ0) is 35.1. The van der Waals surface area contributed by atoms with Crippen LogP contribution in [0.15, 0.2) is 84.9 Å². The van der Waals surface area contributed by atoms with Crippen molar-refractivity contribution >= 4 is 36.9 Å². The van der Waals surface area contributed by atoms with Gasteiger partial charge >= 0.3 is 0 Å². The van der Waals surface area contributed by atoms with Crippen molar-refractivity contribution in [3.8, 4) is 34.1 Å².